The molecular formula is C14H18N2O2S. The lowest BCUT2D eigenvalue weighted by Gasteiger charge is -2.06. The lowest BCUT2D eigenvalue weighted by molar-refractivity contribution is 0.271. The molecule has 5 heteroatoms. The molecule has 0 saturated heterocycles. The highest BCUT2D eigenvalue weighted by Gasteiger charge is 2.06. The quantitative estimate of drug-likeness (QED) is 0.825. The predicted molar refractivity (Wildman–Crippen MR) is 76.3 cm³/mol. The number of benzene rings is 1. The first-order valence-corrected chi connectivity index (χ1v) is 7.19. The Kier molecular flexibility index (Phi) is 4.87. The lowest BCUT2D eigenvalue weighted by atomic mass is 10.2. The van der Waals surface area contributed by atoms with E-state index >= 15 is 0 Å². The summed E-state index contributed by atoms with van der Waals surface area (Å²) in [5, 5.41) is 10.0. The van der Waals surface area contributed by atoms with E-state index in [-0.39, 0.29) is 6.61 Å². The summed E-state index contributed by atoms with van der Waals surface area (Å²) in [6.45, 7) is 2.68. The summed E-state index contributed by atoms with van der Waals surface area (Å²) in [6.07, 6.45) is 1.71. The topological polar surface area (TPSA) is 47.3 Å². The van der Waals surface area contributed by atoms with Gasteiger partial charge in [-0.25, -0.2) is 4.98 Å². The van der Waals surface area contributed by atoms with Crippen molar-refractivity contribution in [3.63, 3.8) is 0 Å². The molecular weight excluding hydrogens is 260 g/mol. The van der Waals surface area contributed by atoms with Crippen LogP contribution in [0.25, 0.3) is 0 Å². The molecule has 0 amide bonds. The van der Waals surface area contributed by atoms with Crippen LogP contribution in [0.15, 0.2) is 35.6 Å². The number of nitrogens with zero attached hydrogens (tertiary/aromatic N) is 2. The Hall–Kier alpha value is -1.46. The van der Waals surface area contributed by atoms with Gasteiger partial charge < -0.3 is 14.4 Å². The highest BCUT2D eigenvalue weighted by molar-refractivity contribution is 7.98. The maximum atomic E-state index is 9.11. The van der Waals surface area contributed by atoms with E-state index in [4.69, 9.17) is 9.84 Å². The maximum absolute atomic E-state index is 9.11. The molecule has 102 valence electrons. The van der Waals surface area contributed by atoms with E-state index in [0.717, 1.165) is 22.4 Å². The van der Waals surface area contributed by atoms with Gasteiger partial charge in [-0.15, -0.1) is 0 Å². The number of aliphatic hydroxyl groups is 1. The standard InChI is InChI=1S/C14H18N2O2S/c1-3-18-13-6-4-11(5-7-13)10-19-14-15-8-12(9-17)16(14)2/h4-8,17H,3,9-10H2,1-2H3. The van der Waals surface area contributed by atoms with E-state index in [1.165, 1.54) is 5.56 Å². The molecule has 0 spiro atoms. The smallest absolute Gasteiger partial charge is 0.168 e. The monoisotopic (exact) mass is 278 g/mol. The molecule has 0 aliphatic rings. The minimum atomic E-state index is 0.0209. The summed E-state index contributed by atoms with van der Waals surface area (Å²) in [7, 11) is 1.92. The molecule has 4 nitrogen and oxygen atoms in total. The SMILES string of the molecule is CCOc1ccc(CSc2ncc(CO)n2C)cc1. The molecule has 0 bridgehead atoms. The zero-order valence-corrected chi connectivity index (χ0v) is 12.0. The normalized spacial score (nSPS) is 10.7. The molecule has 19 heavy (non-hydrogen) atoms. The number of ether oxygens (including phenoxy) is 1. The lowest BCUT2D eigenvalue weighted by Crippen LogP contribution is -1.97. The van der Waals surface area contributed by atoms with Crippen LogP contribution in [0.4, 0.5) is 0 Å². The van der Waals surface area contributed by atoms with Crippen molar-refractivity contribution in [1.82, 2.24) is 9.55 Å². The number of rotatable bonds is 6. The average molecular weight is 278 g/mol. The van der Waals surface area contributed by atoms with E-state index in [9.17, 15) is 0 Å². The number of aliphatic hydroxyl groups excluding tert-OH is 1. The molecule has 0 aliphatic carbocycles. The fourth-order valence-electron chi connectivity index (χ4n) is 1.70. The molecule has 0 unspecified atom stereocenters. The number of hydrogen-bond donors (Lipinski definition) is 1. The van der Waals surface area contributed by atoms with Crippen LogP contribution in [-0.2, 0) is 19.4 Å². The van der Waals surface area contributed by atoms with E-state index in [1.807, 2.05) is 30.7 Å². The molecule has 1 N–H and O–H groups in total. The zero-order chi connectivity index (χ0) is 13.7. The third kappa shape index (κ3) is 3.52. The second kappa shape index (κ2) is 6.63. The van der Waals surface area contributed by atoms with Crippen molar-refractivity contribution >= 4 is 11.8 Å². The minimum Gasteiger partial charge on any atom is -0.494 e. The molecule has 0 saturated carbocycles. The maximum Gasteiger partial charge on any atom is 0.168 e. The highest BCUT2D eigenvalue weighted by atomic mass is 32.2. The first kappa shape index (κ1) is 14.0. The van der Waals surface area contributed by atoms with Crippen LogP contribution in [-0.4, -0.2) is 21.3 Å². The summed E-state index contributed by atoms with van der Waals surface area (Å²) in [5.41, 5.74) is 2.05. The van der Waals surface area contributed by atoms with Crippen LogP contribution in [0, 0.1) is 0 Å². The summed E-state index contributed by atoms with van der Waals surface area (Å²) in [6, 6.07) is 8.09. The van der Waals surface area contributed by atoms with Gasteiger partial charge >= 0.3 is 0 Å². The zero-order valence-electron chi connectivity index (χ0n) is 11.2. The molecule has 2 aromatic rings. The average Bonchev–Trinajstić information content (AvgIpc) is 2.79. The Bertz CT molecular complexity index is 523. The molecule has 0 atom stereocenters. The van der Waals surface area contributed by atoms with Crippen LogP contribution in [0.3, 0.4) is 0 Å². The summed E-state index contributed by atoms with van der Waals surface area (Å²) >= 11 is 1.66. The Morgan fingerprint density at radius 1 is 1.32 bits per heavy atom. The first-order chi connectivity index (χ1) is 9.24. The van der Waals surface area contributed by atoms with E-state index < -0.39 is 0 Å². The highest BCUT2D eigenvalue weighted by Crippen LogP contribution is 2.23. The number of imidazole rings is 1. The summed E-state index contributed by atoms with van der Waals surface area (Å²) in [4.78, 5) is 4.29. The summed E-state index contributed by atoms with van der Waals surface area (Å²) < 4.78 is 7.33. The van der Waals surface area contributed by atoms with Crippen LogP contribution < -0.4 is 4.74 Å². The first-order valence-electron chi connectivity index (χ1n) is 6.20. The molecule has 1 heterocycles. The molecule has 1 aromatic carbocycles. The Labute approximate surface area is 117 Å². The van der Waals surface area contributed by atoms with E-state index in [0.29, 0.717) is 6.61 Å². The number of aromatic nitrogens is 2. The van der Waals surface area contributed by atoms with Crippen LogP contribution in [0.1, 0.15) is 18.2 Å². The van der Waals surface area contributed by atoms with Gasteiger partial charge in [-0.1, -0.05) is 23.9 Å². The molecule has 1 aromatic heterocycles. The molecule has 2 rings (SSSR count). The third-order valence-corrected chi connectivity index (χ3v) is 3.92. The van der Waals surface area contributed by atoms with Crippen molar-refractivity contribution in [1.29, 1.82) is 0 Å². The molecule has 0 aliphatic heterocycles. The van der Waals surface area contributed by atoms with Gasteiger partial charge in [0.25, 0.3) is 0 Å². The van der Waals surface area contributed by atoms with Crippen molar-refractivity contribution in [2.75, 3.05) is 6.61 Å². The molecule has 0 fully saturated rings. The van der Waals surface area contributed by atoms with E-state index in [2.05, 4.69) is 17.1 Å². The van der Waals surface area contributed by atoms with Gasteiger partial charge in [-0.05, 0) is 24.6 Å². The largest absolute Gasteiger partial charge is 0.494 e. The van der Waals surface area contributed by atoms with Gasteiger partial charge in [0, 0.05) is 12.8 Å². The predicted octanol–water partition coefficient (Wildman–Crippen LogP) is 2.60. The van der Waals surface area contributed by atoms with Gasteiger partial charge in [0.05, 0.1) is 25.1 Å². The van der Waals surface area contributed by atoms with Gasteiger partial charge in [-0.2, -0.15) is 0 Å². The fourth-order valence-corrected chi connectivity index (χ4v) is 2.63. The van der Waals surface area contributed by atoms with Gasteiger partial charge in [-0.3, -0.25) is 0 Å². The Balaban J connectivity index is 1.96. The van der Waals surface area contributed by atoms with Crippen LogP contribution in [0.2, 0.25) is 0 Å². The van der Waals surface area contributed by atoms with E-state index in [1.54, 1.807) is 18.0 Å². The second-order valence-electron chi connectivity index (χ2n) is 4.11. The van der Waals surface area contributed by atoms with Crippen LogP contribution >= 0.6 is 11.8 Å². The van der Waals surface area contributed by atoms with Crippen LogP contribution in [0.5, 0.6) is 5.75 Å². The third-order valence-electron chi connectivity index (χ3n) is 2.81. The number of hydrogen-bond acceptors (Lipinski definition) is 4. The Morgan fingerprint density at radius 2 is 2.05 bits per heavy atom. The van der Waals surface area contributed by atoms with Crippen molar-refractivity contribution < 1.29 is 9.84 Å². The van der Waals surface area contributed by atoms with Crippen molar-refractivity contribution in [3.05, 3.63) is 41.7 Å². The summed E-state index contributed by atoms with van der Waals surface area (Å²) in [5.74, 6) is 1.75. The fraction of sp³-hybridized carbons (Fsp3) is 0.357. The van der Waals surface area contributed by atoms with Gasteiger partial charge in [0.2, 0.25) is 0 Å². The number of thioether (sulfide) groups is 1. The van der Waals surface area contributed by atoms with Crippen molar-refractivity contribution in [2.24, 2.45) is 7.05 Å². The van der Waals surface area contributed by atoms with Crippen molar-refractivity contribution in [3.8, 4) is 5.75 Å². The minimum absolute atomic E-state index is 0.0209. The second-order valence-corrected chi connectivity index (χ2v) is 5.06. The Morgan fingerprint density at radius 3 is 2.63 bits per heavy atom. The van der Waals surface area contributed by atoms with Crippen molar-refractivity contribution in [2.45, 2.75) is 24.4 Å². The molecule has 0 radical (unpaired) electrons. The van der Waals surface area contributed by atoms with Gasteiger partial charge in [0.1, 0.15) is 5.75 Å². The van der Waals surface area contributed by atoms with Gasteiger partial charge in [0.15, 0.2) is 5.16 Å².